The molecule has 1 heterocycles. The molecule has 0 unspecified atom stereocenters. The molecule has 6 heteroatoms. The van der Waals surface area contributed by atoms with Crippen LogP contribution in [0.4, 0.5) is 4.79 Å². The first kappa shape index (κ1) is 9.94. The van der Waals surface area contributed by atoms with Crippen LogP contribution >= 0.6 is 15.9 Å². The van der Waals surface area contributed by atoms with E-state index in [-0.39, 0.29) is 6.61 Å². The number of pyridine rings is 1. The van der Waals surface area contributed by atoms with Crippen molar-refractivity contribution in [2.45, 2.75) is 6.61 Å². The minimum atomic E-state index is -0.727. The van der Waals surface area contributed by atoms with E-state index in [0.29, 0.717) is 10.3 Å². The van der Waals surface area contributed by atoms with Crippen LogP contribution < -0.4 is 11.2 Å². The Morgan fingerprint density at radius 3 is 3.08 bits per heavy atom. The molecule has 5 nitrogen and oxygen atoms in total. The van der Waals surface area contributed by atoms with Gasteiger partial charge in [-0.2, -0.15) is 0 Å². The van der Waals surface area contributed by atoms with Crippen molar-refractivity contribution in [3.8, 4) is 0 Å². The van der Waals surface area contributed by atoms with E-state index >= 15 is 0 Å². The molecule has 13 heavy (non-hydrogen) atoms. The summed E-state index contributed by atoms with van der Waals surface area (Å²) in [5.41, 5.74) is 7.48. The van der Waals surface area contributed by atoms with Crippen molar-refractivity contribution < 1.29 is 9.63 Å². The SMILES string of the molecule is NC(=O)NOCc1cccc(Br)n1. The minimum Gasteiger partial charge on any atom is -0.350 e. The first-order valence-electron chi connectivity index (χ1n) is 3.47. The molecule has 0 fully saturated rings. The highest BCUT2D eigenvalue weighted by Crippen LogP contribution is 2.06. The van der Waals surface area contributed by atoms with Gasteiger partial charge >= 0.3 is 6.03 Å². The lowest BCUT2D eigenvalue weighted by Crippen LogP contribution is -2.29. The van der Waals surface area contributed by atoms with Crippen molar-refractivity contribution in [2.24, 2.45) is 5.73 Å². The Labute approximate surface area is 83.4 Å². The number of carbonyl (C=O) groups is 1. The summed E-state index contributed by atoms with van der Waals surface area (Å²) in [6.45, 7) is 0.183. The van der Waals surface area contributed by atoms with Crippen LogP contribution in [0.25, 0.3) is 0 Å². The number of hydrogen-bond acceptors (Lipinski definition) is 3. The van der Waals surface area contributed by atoms with E-state index in [4.69, 9.17) is 10.6 Å². The zero-order valence-corrected chi connectivity index (χ0v) is 8.24. The van der Waals surface area contributed by atoms with Crippen molar-refractivity contribution in [3.05, 3.63) is 28.5 Å². The molecule has 0 radical (unpaired) electrons. The number of nitrogens with zero attached hydrogens (tertiary/aromatic N) is 1. The van der Waals surface area contributed by atoms with Crippen molar-refractivity contribution >= 4 is 22.0 Å². The quantitative estimate of drug-likeness (QED) is 0.615. The summed E-state index contributed by atoms with van der Waals surface area (Å²) in [6.07, 6.45) is 0. The summed E-state index contributed by atoms with van der Waals surface area (Å²) in [5.74, 6) is 0. The van der Waals surface area contributed by atoms with Gasteiger partial charge in [-0.15, -0.1) is 0 Å². The Hall–Kier alpha value is -1.14. The Kier molecular flexibility index (Phi) is 3.66. The maximum atomic E-state index is 10.2. The molecule has 70 valence electrons. The molecule has 3 N–H and O–H groups in total. The monoisotopic (exact) mass is 245 g/mol. The van der Waals surface area contributed by atoms with Gasteiger partial charge in [0.25, 0.3) is 0 Å². The van der Waals surface area contributed by atoms with Crippen molar-refractivity contribution in [1.29, 1.82) is 0 Å². The van der Waals surface area contributed by atoms with Crippen molar-refractivity contribution in [2.75, 3.05) is 0 Å². The fraction of sp³-hybridized carbons (Fsp3) is 0.143. The van der Waals surface area contributed by atoms with Crippen LogP contribution in [0.1, 0.15) is 5.69 Å². The van der Waals surface area contributed by atoms with Crippen LogP contribution in [0, 0.1) is 0 Å². The minimum absolute atomic E-state index is 0.183. The number of primary amides is 1. The fourth-order valence-electron chi connectivity index (χ4n) is 0.712. The summed E-state index contributed by atoms with van der Waals surface area (Å²) < 4.78 is 0.715. The first-order valence-corrected chi connectivity index (χ1v) is 4.26. The molecule has 1 aromatic heterocycles. The van der Waals surface area contributed by atoms with Crippen LogP contribution in [0.5, 0.6) is 0 Å². The predicted octanol–water partition coefficient (Wildman–Crippen LogP) is 0.944. The predicted molar refractivity (Wildman–Crippen MR) is 49.4 cm³/mol. The molecule has 2 amide bonds. The van der Waals surface area contributed by atoms with Gasteiger partial charge in [-0.1, -0.05) is 6.07 Å². The topological polar surface area (TPSA) is 77.2 Å². The summed E-state index contributed by atoms with van der Waals surface area (Å²) in [6, 6.07) is 4.66. The molecule has 0 aliphatic rings. The second kappa shape index (κ2) is 4.78. The normalized spacial score (nSPS) is 9.62. The third-order valence-corrected chi connectivity index (χ3v) is 1.61. The highest BCUT2D eigenvalue weighted by atomic mass is 79.9. The Morgan fingerprint density at radius 1 is 1.69 bits per heavy atom. The molecule has 0 saturated heterocycles. The second-order valence-corrected chi connectivity index (χ2v) is 3.02. The number of rotatable bonds is 3. The van der Waals surface area contributed by atoms with Crippen molar-refractivity contribution in [1.82, 2.24) is 10.5 Å². The van der Waals surface area contributed by atoms with Gasteiger partial charge in [0.15, 0.2) is 0 Å². The Balaban J connectivity index is 2.41. The third kappa shape index (κ3) is 3.86. The number of halogens is 1. The second-order valence-electron chi connectivity index (χ2n) is 2.21. The number of aromatic nitrogens is 1. The lowest BCUT2D eigenvalue weighted by molar-refractivity contribution is 0.0501. The molecule has 0 aliphatic heterocycles. The van der Waals surface area contributed by atoms with E-state index in [1.165, 1.54) is 0 Å². The molecular formula is C7H8BrN3O2. The van der Waals surface area contributed by atoms with Gasteiger partial charge in [-0.05, 0) is 28.1 Å². The average Bonchev–Trinajstić information content (AvgIpc) is 2.03. The van der Waals surface area contributed by atoms with Gasteiger partial charge in [-0.3, -0.25) is 4.84 Å². The number of nitrogens with one attached hydrogen (secondary N) is 1. The number of carbonyl (C=O) groups excluding carboxylic acids is 1. The highest BCUT2D eigenvalue weighted by molar-refractivity contribution is 9.10. The maximum Gasteiger partial charge on any atom is 0.336 e. The number of amides is 2. The van der Waals surface area contributed by atoms with E-state index in [1.807, 2.05) is 11.5 Å². The molecule has 0 saturated carbocycles. The Morgan fingerprint density at radius 2 is 2.46 bits per heavy atom. The largest absolute Gasteiger partial charge is 0.350 e. The Bertz CT molecular complexity index is 306. The number of urea groups is 1. The standard InChI is InChI=1S/C7H8BrN3O2/c8-6-3-1-2-5(10-6)4-13-11-7(9)12/h1-3H,4H2,(H3,9,11,12). The van der Waals surface area contributed by atoms with Crippen LogP contribution in [0.3, 0.4) is 0 Å². The van der Waals surface area contributed by atoms with Crippen LogP contribution in [0.15, 0.2) is 22.8 Å². The third-order valence-electron chi connectivity index (χ3n) is 1.17. The number of hydroxylamine groups is 1. The maximum absolute atomic E-state index is 10.2. The van der Waals surface area contributed by atoms with Gasteiger partial charge in [0.2, 0.25) is 0 Å². The van der Waals surface area contributed by atoms with E-state index in [9.17, 15) is 4.79 Å². The molecule has 0 bridgehead atoms. The number of nitrogens with two attached hydrogens (primary N) is 1. The van der Waals surface area contributed by atoms with Crippen LogP contribution in [-0.4, -0.2) is 11.0 Å². The first-order chi connectivity index (χ1) is 6.18. The van der Waals surface area contributed by atoms with Crippen molar-refractivity contribution in [3.63, 3.8) is 0 Å². The lowest BCUT2D eigenvalue weighted by atomic mass is 10.4. The summed E-state index contributed by atoms with van der Waals surface area (Å²) in [4.78, 5) is 19.0. The van der Waals surface area contributed by atoms with Gasteiger partial charge in [0.1, 0.15) is 11.2 Å². The molecular weight excluding hydrogens is 238 g/mol. The molecule has 1 aromatic rings. The van der Waals surface area contributed by atoms with E-state index in [1.54, 1.807) is 12.1 Å². The lowest BCUT2D eigenvalue weighted by Gasteiger charge is -2.02. The summed E-state index contributed by atoms with van der Waals surface area (Å²) in [7, 11) is 0. The zero-order chi connectivity index (χ0) is 9.68. The average molecular weight is 246 g/mol. The van der Waals surface area contributed by atoms with Crippen LogP contribution in [0.2, 0.25) is 0 Å². The van der Waals surface area contributed by atoms with Gasteiger partial charge in [0.05, 0.1) is 5.69 Å². The molecule has 0 spiro atoms. The number of hydrogen-bond donors (Lipinski definition) is 2. The summed E-state index contributed by atoms with van der Waals surface area (Å²) >= 11 is 3.20. The molecule has 0 atom stereocenters. The van der Waals surface area contributed by atoms with Crippen LogP contribution in [-0.2, 0) is 11.4 Å². The van der Waals surface area contributed by atoms with Gasteiger partial charge in [0, 0.05) is 0 Å². The highest BCUT2D eigenvalue weighted by Gasteiger charge is 1.96. The van der Waals surface area contributed by atoms with Gasteiger partial charge in [-0.25, -0.2) is 15.3 Å². The van der Waals surface area contributed by atoms with E-state index in [0.717, 1.165) is 0 Å². The zero-order valence-electron chi connectivity index (χ0n) is 6.66. The summed E-state index contributed by atoms with van der Waals surface area (Å²) in [5, 5.41) is 0. The molecule has 1 rings (SSSR count). The fourth-order valence-corrected chi connectivity index (χ4v) is 1.09. The molecule has 0 aromatic carbocycles. The molecule has 0 aliphatic carbocycles. The van der Waals surface area contributed by atoms with E-state index < -0.39 is 6.03 Å². The smallest absolute Gasteiger partial charge is 0.336 e. The van der Waals surface area contributed by atoms with Gasteiger partial charge < -0.3 is 5.73 Å². The van der Waals surface area contributed by atoms with E-state index in [2.05, 4.69) is 20.9 Å².